The van der Waals surface area contributed by atoms with Gasteiger partial charge in [0.1, 0.15) is 24.2 Å². The first-order chi connectivity index (χ1) is 28.2. The van der Waals surface area contributed by atoms with Crippen LogP contribution in [0, 0.1) is 5.92 Å². The number of aliphatic imine (C=N–C) groups is 1. The number of hydrogen-bond acceptors (Lipinski definition) is 14. The highest BCUT2D eigenvalue weighted by Gasteiger charge is 2.45. The number of halogens is 1. The van der Waals surface area contributed by atoms with E-state index >= 15 is 0 Å². The number of rotatable bonds is 22. The van der Waals surface area contributed by atoms with E-state index in [1.54, 1.807) is 18.3 Å². The van der Waals surface area contributed by atoms with Crippen LogP contribution >= 0.6 is 15.9 Å². The van der Waals surface area contributed by atoms with Gasteiger partial charge in [-0.3, -0.25) is 39.2 Å². The van der Waals surface area contributed by atoms with Crippen molar-refractivity contribution in [3.63, 3.8) is 0 Å². The molecule has 1 saturated heterocycles. The minimum absolute atomic E-state index is 0.0477. The molecule has 6 rings (SSSR count). The molecule has 3 aliphatic rings. The molecule has 0 radical (unpaired) electrons. The zero-order valence-electron chi connectivity index (χ0n) is 32.2. The van der Waals surface area contributed by atoms with Crippen molar-refractivity contribution < 1.29 is 42.9 Å². The van der Waals surface area contributed by atoms with Crippen LogP contribution in [0.2, 0.25) is 0 Å². The van der Waals surface area contributed by atoms with E-state index in [0.717, 1.165) is 40.7 Å². The summed E-state index contributed by atoms with van der Waals surface area (Å²) in [6.07, 6.45) is 7.28. The molecule has 3 aromatic rings. The van der Waals surface area contributed by atoms with E-state index in [1.165, 1.54) is 12.3 Å². The summed E-state index contributed by atoms with van der Waals surface area (Å²) in [6, 6.07) is 11.1. The maximum absolute atomic E-state index is 13.2. The Morgan fingerprint density at radius 3 is 2.45 bits per heavy atom. The van der Waals surface area contributed by atoms with Crippen LogP contribution in [0.15, 0.2) is 58.1 Å². The fraction of sp³-hybridized carbons (Fsp3) is 0.450. The van der Waals surface area contributed by atoms with Gasteiger partial charge in [-0.15, -0.1) is 0 Å². The Balaban J connectivity index is 0.798. The summed E-state index contributed by atoms with van der Waals surface area (Å²) >= 11 is 3.50. The molecule has 3 N–H and O–H groups in total. The summed E-state index contributed by atoms with van der Waals surface area (Å²) in [7, 11) is 1.87. The second-order valence-electron chi connectivity index (χ2n) is 13.8. The molecule has 1 aromatic heterocycles. The number of carbonyl (C=O) groups is 5. The fourth-order valence-corrected chi connectivity index (χ4v) is 6.78. The molecule has 58 heavy (non-hydrogen) atoms. The van der Waals surface area contributed by atoms with Gasteiger partial charge < -0.3 is 34.5 Å². The third-order valence-corrected chi connectivity index (χ3v) is 10.3. The average Bonchev–Trinajstić information content (AvgIpc) is 3.45. The molecule has 0 bridgehead atoms. The molecule has 2 aromatic carbocycles. The maximum atomic E-state index is 13.2. The molecule has 2 aliphatic heterocycles. The van der Waals surface area contributed by atoms with Gasteiger partial charge in [-0.05, 0) is 78.0 Å². The predicted octanol–water partition coefficient (Wildman–Crippen LogP) is 4.28. The maximum Gasteiger partial charge on any atom is 0.264 e. The van der Waals surface area contributed by atoms with Crippen molar-refractivity contribution in [1.29, 1.82) is 0 Å². The Hall–Kier alpha value is -5.30. The van der Waals surface area contributed by atoms with Gasteiger partial charge in [0.05, 0.1) is 60.9 Å². The number of aromatic nitrogens is 2. The lowest BCUT2D eigenvalue weighted by Crippen LogP contribution is -2.54. The first kappa shape index (κ1) is 42.3. The van der Waals surface area contributed by atoms with Gasteiger partial charge in [0, 0.05) is 50.6 Å². The highest BCUT2D eigenvalue weighted by Crippen LogP contribution is 2.34. The lowest BCUT2D eigenvalue weighted by atomic mass is 9.84. The van der Waals surface area contributed by atoms with Crippen LogP contribution in [0.1, 0.15) is 59.2 Å². The van der Waals surface area contributed by atoms with Crippen LogP contribution in [-0.2, 0) is 28.6 Å². The first-order valence-corrected chi connectivity index (χ1v) is 20.1. The molecule has 1 unspecified atom stereocenters. The van der Waals surface area contributed by atoms with Crippen molar-refractivity contribution in [3.05, 3.63) is 64.3 Å². The third kappa shape index (κ3) is 11.2. The van der Waals surface area contributed by atoms with Crippen molar-refractivity contribution in [3.8, 4) is 5.75 Å². The lowest BCUT2D eigenvalue weighted by molar-refractivity contribution is -0.137. The van der Waals surface area contributed by atoms with E-state index in [-0.39, 0.29) is 42.4 Å². The summed E-state index contributed by atoms with van der Waals surface area (Å²) in [5.74, 6) is -0.0368. The van der Waals surface area contributed by atoms with Gasteiger partial charge in [-0.2, -0.15) is 4.98 Å². The minimum atomic E-state index is -1.04. The third-order valence-electron chi connectivity index (χ3n) is 9.76. The molecule has 17 nitrogen and oxygen atoms in total. The Bertz CT molecular complexity index is 1980. The van der Waals surface area contributed by atoms with Crippen molar-refractivity contribution in [2.24, 2.45) is 10.9 Å². The largest absolute Gasteiger partial charge is 0.491 e. The van der Waals surface area contributed by atoms with Gasteiger partial charge in [-0.1, -0.05) is 12.5 Å². The monoisotopic (exact) mass is 862 g/mol. The Labute approximate surface area is 344 Å². The molecule has 3 heterocycles. The molecular weight excluding hydrogens is 816 g/mol. The van der Waals surface area contributed by atoms with Gasteiger partial charge in [0.2, 0.25) is 23.7 Å². The van der Waals surface area contributed by atoms with Crippen LogP contribution in [0.3, 0.4) is 0 Å². The normalized spacial score (nSPS) is 16.7. The molecular formula is C40H47BrN8O9. The Morgan fingerprint density at radius 2 is 1.72 bits per heavy atom. The summed E-state index contributed by atoms with van der Waals surface area (Å²) < 4.78 is 23.2. The van der Waals surface area contributed by atoms with Crippen LogP contribution in [0.5, 0.6) is 5.75 Å². The van der Waals surface area contributed by atoms with Crippen molar-refractivity contribution in [1.82, 2.24) is 25.1 Å². The van der Waals surface area contributed by atoms with E-state index < -0.39 is 29.7 Å². The van der Waals surface area contributed by atoms with E-state index in [0.29, 0.717) is 75.9 Å². The van der Waals surface area contributed by atoms with E-state index in [2.05, 4.69) is 46.8 Å². The van der Waals surface area contributed by atoms with E-state index in [9.17, 15) is 24.0 Å². The number of carbonyl (C=O) groups excluding carboxylic acids is 5. The van der Waals surface area contributed by atoms with Gasteiger partial charge in [0.25, 0.3) is 11.8 Å². The standard InChI is InChI=1S/C40H47BrN8O9/c1-48(37(52)26-5-2-6-26)17-4-15-43-35-30(41)25-44-40(47-35)45-27-9-11-28(12-10-27)58-24-23-57-22-21-56-20-19-55-18-16-42-31-8-3-7-29-34(31)39(54)49(38(29)53)32-13-14-33(50)46-36(32)51/h3,7-12,16,25-26,32H,2,4-6,13-15,17-24H2,1H3,(H,46,50,51)(H2,43,44,45,47). The summed E-state index contributed by atoms with van der Waals surface area (Å²) in [5, 5.41) is 8.72. The number of fused-ring (bicyclic) bond motifs is 1. The number of hydrogen-bond donors (Lipinski definition) is 3. The van der Waals surface area contributed by atoms with E-state index in [1.807, 2.05) is 36.2 Å². The van der Waals surface area contributed by atoms with Crippen LogP contribution < -0.4 is 20.7 Å². The van der Waals surface area contributed by atoms with Crippen LogP contribution in [0.4, 0.5) is 23.1 Å². The number of nitrogens with zero attached hydrogens (tertiary/aromatic N) is 5. The number of benzene rings is 2. The zero-order chi connectivity index (χ0) is 40.9. The zero-order valence-corrected chi connectivity index (χ0v) is 33.8. The number of imide groups is 2. The summed E-state index contributed by atoms with van der Waals surface area (Å²) in [5.41, 5.74) is 1.38. The Kier molecular flexibility index (Phi) is 15.3. The fourth-order valence-electron chi connectivity index (χ4n) is 6.45. The highest BCUT2D eigenvalue weighted by molar-refractivity contribution is 9.10. The van der Waals surface area contributed by atoms with Crippen LogP contribution in [-0.4, -0.2) is 128 Å². The van der Waals surface area contributed by atoms with Crippen molar-refractivity contribution >= 4 is 74.8 Å². The van der Waals surface area contributed by atoms with Crippen molar-refractivity contribution in [2.75, 3.05) is 77.0 Å². The molecule has 18 heteroatoms. The number of ether oxygens (including phenoxy) is 4. The molecule has 1 saturated carbocycles. The minimum Gasteiger partial charge on any atom is -0.491 e. The number of nitrogens with one attached hydrogen (secondary N) is 3. The number of amides is 5. The van der Waals surface area contributed by atoms with Gasteiger partial charge >= 0.3 is 0 Å². The smallest absolute Gasteiger partial charge is 0.264 e. The molecule has 308 valence electrons. The van der Waals surface area contributed by atoms with Crippen LogP contribution in [0.25, 0.3) is 0 Å². The average molecular weight is 864 g/mol. The molecule has 0 spiro atoms. The quantitative estimate of drug-likeness (QED) is 0.0735. The lowest BCUT2D eigenvalue weighted by Gasteiger charge is -2.29. The Morgan fingerprint density at radius 1 is 0.983 bits per heavy atom. The number of anilines is 3. The number of piperidine rings is 1. The molecule has 1 aliphatic carbocycles. The van der Waals surface area contributed by atoms with Gasteiger partial charge in [0.15, 0.2) is 0 Å². The molecule has 2 fully saturated rings. The second-order valence-corrected chi connectivity index (χ2v) is 14.7. The van der Waals surface area contributed by atoms with Gasteiger partial charge in [-0.25, -0.2) is 4.98 Å². The molecule has 1 atom stereocenters. The summed E-state index contributed by atoms with van der Waals surface area (Å²) in [6.45, 7) is 3.67. The topological polar surface area (TPSA) is 203 Å². The van der Waals surface area contributed by atoms with E-state index in [4.69, 9.17) is 18.9 Å². The first-order valence-electron chi connectivity index (χ1n) is 19.3. The second kappa shape index (κ2) is 20.9. The summed E-state index contributed by atoms with van der Waals surface area (Å²) in [4.78, 5) is 78.3. The molecule has 5 amide bonds. The van der Waals surface area contributed by atoms with Crippen molar-refractivity contribution in [2.45, 2.75) is 44.6 Å². The highest BCUT2D eigenvalue weighted by atomic mass is 79.9. The predicted molar refractivity (Wildman–Crippen MR) is 217 cm³/mol. The SMILES string of the molecule is CN(CCCNc1nc(Nc2ccc(OCCOCCOCCOCC=Nc3cccc4c3C(=O)N(C3CCC(=O)NC3=O)C4=O)cc2)ncc1Br)C(=O)C1CCC1.